The number of aromatic nitrogens is 4. The number of pyridine rings is 1. The van der Waals surface area contributed by atoms with Crippen LogP contribution in [-0.4, -0.2) is 18.7 Å². The first kappa shape index (κ1) is 35.3. The minimum atomic E-state index is 0.948. The smallest absolute Gasteiger partial charge is 0.145 e. The van der Waals surface area contributed by atoms with Crippen LogP contribution in [0, 0.1) is 0 Å². The Kier molecular flexibility index (Phi) is 7.87. The van der Waals surface area contributed by atoms with E-state index in [9.17, 15) is 0 Å². The molecule has 13 aromatic rings. The maximum Gasteiger partial charge on any atom is 0.145 e. The second kappa shape index (κ2) is 14.1. The number of hydrogen-bond donors (Lipinski definition) is 0. The van der Waals surface area contributed by atoms with Crippen molar-refractivity contribution in [3.63, 3.8) is 0 Å². The Balaban J connectivity index is 1.03. The first-order chi connectivity index (χ1) is 31.3. The van der Waals surface area contributed by atoms with Crippen LogP contribution in [0.3, 0.4) is 0 Å². The summed E-state index contributed by atoms with van der Waals surface area (Å²) in [6.45, 7) is 0. The minimum absolute atomic E-state index is 0.948. The summed E-state index contributed by atoms with van der Waals surface area (Å²) in [5.74, 6) is 0. The van der Waals surface area contributed by atoms with E-state index in [2.05, 4.69) is 232 Å². The van der Waals surface area contributed by atoms with Crippen LogP contribution in [0.4, 0.5) is 0 Å². The van der Waals surface area contributed by atoms with E-state index in [4.69, 9.17) is 4.98 Å². The summed E-state index contributed by atoms with van der Waals surface area (Å²) >= 11 is 0. The molecule has 0 aliphatic carbocycles. The average molecular weight is 803 g/mol. The molecule has 4 nitrogen and oxygen atoms in total. The molecule has 0 bridgehead atoms. The quantitative estimate of drug-likeness (QED) is 0.165. The maximum absolute atomic E-state index is 4.95. The lowest BCUT2D eigenvalue weighted by Gasteiger charge is -2.19. The van der Waals surface area contributed by atoms with Crippen molar-refractivity contribution < 1.29 is 0 Å². The maximum atomic E-state index is 4.95. The lowest BCUT2D eigenvalue weighted by molar-refractivity contribution is 1.14. The number of nitrogens with zero attached hydrogens (tertiary/aromatic N) is 4. The van der Waals surface area contributed by atoms with Gasteiger partial charge in [0.2, 0.25) is 0 Å². The summed E-state index contributed by atoms with van der Waals surface area (Å²) in [6.07, 6.45) is 1.89. The zero-order valence-corrected chi connectivity index (χ0v) is 34.2. The van der Waals surface area contributed by atoms with Gasteiger partial charge in [-0.25, -0.2) is 4.98 Å². The molecule has 0 atom stereocenters. The molecule has 63 heavy (non-hydrogen) atoms. The number of rotatable bonds is 6. The van der Waals surface area contributed by atoms with Gasteiger partial charge in [-0.05, 0) is 101 Å². The van der Waals surface area contributed by atoms with Crippen LogP contribution >= 0.6 is 0 Å². The van der Waals surface area contributed by atoms with Gasteiger partial charge in [-0.2, -0.15) is 0 Å². The zero-order valence-electron chi connectivity index (χ0n) is 34.2. The molecule has 0 unspecified atom stereocenters. The Morgan fingerprint density at radius 2 is 0.730 bits per heavy atom. The highest BCUT2D eigenvalue weighted by Crippen LogP contribution is 2.42. The average Bonchev–Trinajstić information content (AvgIpc) is 4.00. The first-order valence-corrected chi connectivity index (χ1v) is 21.5. The van der Waals surface area contributed by atoms with E-state index in [0.29, 0.717) is 0 Å². The van der Waals surface area contributed by atoms with Crippen LogP contribution in [0.2, 0.25) is 0 Å². The molecule has 0 N–H and O–H groups in total. The van der Waals surface area contributed by atoms with Crippen molar-refractivity contribution in [1.29, 1.82) is 0 Å². The van der Waals surface area contributed by atoms with E-state index >= 15 is 0 Å². The van der Waals surface area contributed by atoms with Crippen LogP contribution in [0.1, 0.15) is 0 Å². The fraction of sp³-hybridized carbons (Fsp3) is 0. The Hall–Kier alpha value is -8.47. The lowest BCUT2D eigenvalue weighted by atomic mass is 9.94. The summed E-state index contributed by atoms with van der Waals surface area (Å²) in [5, 5.41) is 7.33. The first-order valence-electron chi connectivity index (χ1n) is 21.5. The topological polar surface area (TPSA) is 27.7 Å². The molecule has 4 aromatic heterocycles. The van der Waals surface area contributed by atoms with Gasteiger partial charge >= 0.3 is 0 Å². The van der Waals surface area contributed by atoms with E-state index in [1.165, 1.54) is 49.0 Å². The third kappa shape index (κ3) is 5.45. The van der Waals surface area contributed by atoms with Crippen molar-refractivity contribution in [3.8, 4) is 50.4 Å². The van der Waals surface area contributed by atoms with E-state index in [1.54, 1.807) is 0 Å². The largest absolute Gasteiger partial charge is 0.309 e. The third-order valence-electron chi connectivity index (χ3n) is 12.9. The third-order valence-corrected chi connectivity index (χ3v) is 12.9. The molecule has 0 amide bonds. The fourth-order valence-corrected chi connectivity index (χ4v) is 10.2. The van der Waals surface area contributed by atoms with Crippen molar-refractivity contribution in [1.82, 2.24) is 18.7 Å². The molecular formula is C59H38N4. The molecule has 13 rings (SSSR count). The number of fused-ring (bicyclic) bond motifs is 9. The Labute approximate surface area is 363 Å². The van der Waals surface area contributed by atoms with E-state index < -0.39 is 0 Å². The van der Waals surface area contributed by atoms with Gasteiger partial charge in [0.1, 0.15) is 5.65 Å². The monoisotopic (exact) mass is 802 g/mol. The summed E-state index contributed by atoms with van der Waals surface area (Å²) in [6, 6.07) is 81.6. The molecule has 4 heterocycles. The predicted molar refractivity (Wildman–Crippen MR) is 264 cm³/mol. The highest BCUT2D eigenvalue weighted by Gasteiger charge is 2.20. The van der Waals surface area contributed by atoms with Crippen LogP contribution in [0.5, 0.6) is 0 Å². The van der Waals surface area contributed by atoms with Gasteiger partial charge < -0.3 is 9.13 Å². The Morgan fingerprint density at radius 1 is 0.270 bits per heavy atom. The molecule has 0 saturated heterocycles. The van der Waals surface area contributed by atoms with Crippen molar-refractivity contribution in [3.05, 3.63) is 231 Å². The normalized spacial score (nSPS) is 11.8. The summed E-state index contributed by atoms with van der Waals surface area (Å²) in [5.41, 5.74) is 17.1. The Bertz CT molecular complexity index is 3770. The second-order valence-electron chi connectivity index (χ2n) is 16.3. The lowest BCUT2D eigenvalue weighted by Crippen LogP contribution is -2.00. The van der Waals surface area contributed by atoms with Crippen LogP contribution in [-0.2, 0) is 0 Å². The molecule has 0 radical (unpaired) electrons. The highest BCUT2D eigenvalue weighted by molar-refractivity contribution is 6.11. The molecule has 0 fully saturated rings. The van der Waals surface area contributed by atoms with Gasteiger partial charge in [-0.1, -0.05) is 146 Å². The van der Waals surface area contributed by atoms with Crippen molar-refractivity contribution in [2.75, 3.05) is 0 Å². The molecule has 0 aliphatic heterocycles. The summed E-state index contributed by atoms with van der Waals surface area (Å²) in [4.78, 5) is 4.95. The van der Waals surface area contributed by atoms with Gasteiger partial charge in [0.05, 0.1) is 39.0 Å². The van der Waals surface area contributed by atoms with Gasteiger partial charge in [0.25, 0.3) is 0 Å². The molecule has 4 heteroatoms. The second-order valence-corrected chi connectivity index (χ2v) is 16.3. The van der Waals surface area contributed by atoms with E-state index in [1.807, 2.05) is 12.3 Å². The van der Waals surface area contributed by atoms with Crippen molar-refractivity contribution >= 4 is 65.5 Å². The number of benzene rings is 9. The van der Waals surface area contributed by atoms with Gasteiger partial charge in [-0.3, -0.25) is 4.57 Å². The summed E-state index contributed by atoms with van der Waals surface area (Å²) in [7, 11) is 0. The molecular weight excluding hydrogens is 765 g/mol. The molecule has 0 spiro atoms. The van der Waals surface area contributed by atoms with Crippen molar-refractivity contribution in [2.24, 2.45) is 0 Å². The molecule has 0 saturated carbocycles. The van der Waals surface area contributed by atoms with Crippen molar-refractivity contribution in [2.45, 2.75) is 0 Å². The zero-order chi connectivity index (χ0) is 41.4. The van der Waals surface area contributed by atoms with Gasteiger partial charge in [0.15, 0.2) is 0 Å². The number of hydrogen-bond acceptors (Lipinski definition) is 1. The Morgan fingerprint density at radius 3 is 1.38 bits per heavy atom. The minimum Gasteiger partial charge on any atom is -0.309 e. The van der Waals surface area contributed by atoms with Crippen LogP contribution < -0.4 is 0 Å². The predicted octanol–water partition coefficient (Wildman–Crippen LogP) is 15.4. The van der Waals surface area contributed by atoms with Crippen LogP contribution in [0.15, 0.2) is 231 Å². The molecule has 9 aromatic carbocycles. The van der Waals surface area contributed by atoms with Crippen LogP contribution in [0.25, 0.3) is 116 Å². The highest BCUT2D eigenvalue weighted by atomic mass is 15.0. The molecule has 294 valence electrons. The summed E-state index contributed by atoms with van der Waals surface area (Å²) < 4.78 is 7.17. The number of para-hydroxylation sites is 6. The fourth-order valence-electron chi connectivity index (χ4n) is 10.2. The molecule has 0 aliphatic rings. The van der Waals surface area contributed by atoms with E-state index in [0.717, 1.165) is 67.0 Å². The standard InChI is InChI=1S/C59H38N4/c1-7-27-52(63-57-32-12-6-25-49(57)50-26-15-35-60-59(50)63)44(20-1)42-33-34-58(62-55-30-10-4-23-47(55)48-24-5-11-31-56(48)62)51(38-42)41-18-13-16-39(36-41)40-17-14-19-43(37-40)61-53-28-8-2-21-45(53)46-22-3-9-29-54(46)61/h1-38H. The van der Waals surface area contributed by atoms with E-state index in [-0.39, 0.29) is 0 Å². The SMILES string of the molecule is c1cc(-c2cccc(-n3c4ccccc4c4ccccc43)c2)cc(-c2cc(-c3ccccc3-n3c4ccccc4c4cccnc43)ccc2-n2c3ccccc3c3ccccc32)c1. The van der Waals surface area contributed by atoms with Gasteiger partial charge in [-0.15, -0.1) is 0 Å². The van der Waals surface area contributed by atoms with Gasteiger partial charge in [0, 0.05) is 55.3 Å².